The van der Waals surface area contributed by atoms with Gasteiger partial charge in [0.1, 0.15) is 0 Å². The third-order valence-corrected chi connectivity index (χ3v) is 0.768. The molecule has 0 aromatic heterocycles. The van der Waals surface area contributed by atoms with Gasteiger partial charge in [-0.15, -0.1) is 0 Å². The van der Waals surface area contributed by atoms with E-state index in [0.29, 0.717) is 5.70 Å². The molecule has 0 rings (SSSR count). The zero-order valence-electron chi connectivity index (χ0n) is 6.09. The fraction of sp³-hybridized carbons (Fsp3) is 0.333. The number of allylic oxidation sites excluding steroid dienone is 1. The Hall–Kier alpha value is -1.32. The highest BCUT2D eigenvalue weighted by Gasteiger charge is 1.92. The molecule has 0 aromatic rings. The molecule has 0 heterocycles. The highest BCUT2D eigenvalue weighted by molar-refractivity contribution is 5.86. The van der Waals surface area contributed by atoms with Crippen LogP contribution in [0.25, 0.3) is 0 Å². The number of hydrogen-bond acceptors (Lipinski definition) is 3. The fourth-order valence-corrected chi connectivity index (χ4v) is 0.459. The van der Waals surface area contributed by atoms with Crippen molar-refractivity contribution in [2.75, 3.05) is 7.05 Å². The summed E-state index contributed by atoms with van der Waals surface area (Å²) in [7, 11) is 1.60. The van der Waals surface area contributed by atoms with E-state index in [1.807, 2.05) is 0 Å². The molecule has 0 bridgehead atoms. The molecule has 0 aliphatic heterocycles. The van der Waals surface area contributed by atoms with Gasteiger partial charge in [0.2, 0.25) is 5.91 Å². The molecule has 0 aromatic carbocycles. The van der Waals surface area contributed by atoms with Crippen molar-refractivity contribution in [2.45, 2.75) is 6.92 Å². The molecule has 0 radical (unpaired) electrons. The Labute approximate surface area is 59.8 Å². The molecule has 1 amide bonds. The van der Waals surface area contributed by atoms with Gasteiger partial charge in [0.15, 0.2) is 0 Å². The standard InChI is InChI=1S/C6H11N3O/c1-5(10)9-6(3-7)4-8-2/h3-4H,7H2,1-2H3,(H,9,10)/b6-3+,8-4?. The number of aliphatic imine (C=N–C) groups is 1. The molecule has 0 unspecified atom stereocenters. The Morgan fingerprint density at radius 3 is 2.60 bits per heavy atom. The quantitative estimate of drug-likeness (QED) is 0.515. The minimum atomic E-state index is -0.156. The first-order valence-electron chi connectivity index (χ1n) is 2.82. The first-order valence-corrected chi connectivity index (χ1v) is 2.82. The number of carbonyl (C=O) groups excluding carboxylic acids is 1. The van der Waals surface area contributed by atoms with Gasteiger partial charge in [-0.25, -0.2) is 0 Å². The summed E-state index contributed by atoms with van der Waals surface area (Å²) in [6.45, 7) is 1.41. The molecule has 0 aliphatic carbocycles. The van der Waals surface area contributed by atoms with Gasteiger partial charge in [-0.2, -0.15) is 0 Å². The van der Waals surface area contributed by atoms with Crippen LogP contribution in [0, 0.1) is 0 Å². The topological polar surface area (TPSA) is 67.5 Å². The Balaban J connectivity index is 3.98. The number of nitrogens with two attached hydrogens (primary N) is 1. The summed E-state index contributed by atoms with van der Waals surface area (Å²) in [6.07, 6.45) is 2.76. The van der Waals surface area contributed by atoms with Crippen molar-refractivity contribution in [2.24, 2.45) is 10.7 Å². The number of carbonyl (C=O) groups is 1. The van der Waals surface area contributed by atoms with E-state index in [1.54, 1.807) is 7.05 Å². The normalized spacial score (nSPS) is 12.0. The van der Waals surface area contributed by atoms with Crippen molar-refractivity contribution in [3.05, 3.63) is 11.9 Å². The van der Waals surface area contributed by atoms with Crippen molar-refractivity contribution in [3.63, 3.8) is 0 Å². The van der Waals surface area contributed by atoms with E-state index in [1.165, 1.54) is 19.3 Å². The van der Waals surface area contributed by atoms with Crippen molar-refractivity contribution in [1.29, 1.82) is 0 Å². The van der Waals surface area contributed by atoms with Gasteiger partial charge >= 0.3 is 0 Å². The zero-order valence-corrected chi connectivity index (χ0v) is 6.09. The Kier molecular flexibility index (Phi) is 3.95. The molecule has 0 aliphatic rings. The van der Waals surface area contributed by atoms with Crippen LogP contribution in [-0.2, 0) is 4.79 Å². The second kappa shape index (κ2) is 4.55. The monoisotopic (exact) mass is 141 g/mol. The maximum atomic E-state index is 10.4. The summed E-state index contributed by atoms with van der Waals surface area (Å²) in [5.74, 6) is -0.156. The predicted octanol–water partition coefficient (Wildman–Crippen LogP) is -0.377. The molecule has 4 nitrogen and oxygen atoms in total. The zero-order chi connectivity index (χ0) is 7.98. The minimum absolute atomic E-state index is 0.156. The third kappa shape index (κ3) is 3.65. The van der Waals surface area contributed by atoms with E-state index in [9.17, 15) is 4.79 Å². The number of nitrogens with zero attached hydrogens (tertiary/aromatic N) is 1. The lowest BCUT2D eigenvalue weighted by molar-refractivity contribution is -0.118. The van der Waals surface area contributed by atoms with Crippen molar-refractivity contribution in [3.8, 4) is 0 Å². The molecule has 4 heteroatoms. The van der Waals surface area contributed by atoms with Gasteiger partial charge < -0.3 is 11.1 Å². The van der Waals surface area contributed by atoms with Crippen LogP contribution in [0.3, 0.4) is 0 Å². The van der Waals surface area contributed by atoms with Gasteiger partial charge in [0, 0.05) is 26.4 Å². The van der Waals surface area contributed by atoms with Gasteiger partial charge in [-0.1, -0.05) is 0 Å². The molecule has 3 N–H and O–H groups in total. The largest absolute Gasteiger partial charge is 0.403 e. The van der Waals surface area contributed by atoms with Crippen LogP contribution in [0.5, 0.6) is 0 Å². The lowest BCUT2D eigenvalue weighted by Gasteiger charge is -1.98. The average Bonchev–Trinajstić information content (AvgIpc) is 1.86. The van der Waals surface area contributed by atoms with Crippen LogP contribution >= 0.6 is 0 Å². The first kappa shape index (κ1) is 8.68. The molecule has 0 atom stereocenters. The van der Waals surface area contributed by atoms with Crippen LogP contribution in [0.4, 0.5) is 0 Å². The number of hydrogen-bond donors (Lipinski definition) is 2. The smallest absolute Gasteiger partial charge is 0.221 e. The van der Waals surface area contributed by atoms with Gasteiger partial charge in [-0.05, 0) is 0 Å². The van der Waals surface area contributed by atoms with Crippen LogP contribution in [0.2, 0.25) is 0 Å². The number of nitrogens with one attached hydrogen (secondary N) is 1. The van der Waals surface area contributed by atoms with E-state index in [0.717, 1.165) is 0 Å². The second-order valence-electron chi connectivity index (χ2n) is 1.69. The number of rotatable bonds is 2. The van der Waals surface area contributed by atoms with Gasteiger partial charge in [-0.3, -0.25) is 9.79 Å². The van der Waals surface area contributed by atoms with Gasteiger partial charge in [0.25, 0.3) is 0 Å². The summed E-state index contributed by atoms with van der Waals surface area (Å²) >= 11 is 0. The second-order valence-corrected chi connectivity index (χ2v) is 1.69. The highest BCUT2D eigenvalue weighted by atomic mass is 16.1. The molecular weight excluding hydrogens is 130 g/mol. The van der Waals surface area contributed by atoms with Crippen LogP contribution < -0.4 is 11.1 Å². The minimum Gasteiger partial charge on any atom is -0.403 e. The predicted molar refractivity (Wildman–Crippen MR) is 40.5 cm³/mol. The van der Waals surface area contributed by atoms with Crippen LogP contribution in [0.1, 0.15) is 6.92 Å². The maximum absolute atomic E-state index is 10.4. The molecule has 0 saturated carbocycles. The Morgan fingerprint density at radius 1 is 1.70 bits per heavy atom. The lowest BCUT2D eigenvalue weighted by Crippen LogP contribution is -2.20. The third-order valence-electron chi connectivity index (χ3n) is 0.768. The molecule has 0 spiro atoms. The average molecular weight is 141 g/mol. The summed E-state index contributed by atoms with van der Waals surface area (Å²) in [6, 6.07) is 0. The van der Waals surface area contributed by atoms with Crippen molar-refractivity contribution in [1.82, 2.24) is 5.32 Å². The highest BCUT2D eigenvalue weighted by Crippen LogP contribution is 1.79. The van der Waals surface area contributed by atoms with Crippen LogP contribution in [0.15, 0.2) is 16.9 Å². The summed E-state index contributed by atoms with van der Waals surface area (Å²) in [4.78, 5) is 14.1. The Bertz CT molecular complexity index is 172. The molecular formula is C6H11N3O. The van der Waals surface area contributed by atoms with E-state index < -0.39 is 0 Å². The summed E-state index contributed by atoms with van der Waals surface area (Å²) in [5, 5.41) is 2.48. The van der Waals surface area contributed by atoms with Crippen molar-refractivity contribution >= 4 is 12.1 Å². The first-order chi connectivity index (χ1) is 4.70. The summed E-state index contributed by atoms with van der Waals surface area (Å²) in [5.41, 5.74) is 5.65. The maximum Gasteiger partial charge on any atom is 0.221 e. The van der Waals surface area contributed by atoms with Gasteiger partial charge in [0.05, 0.1) is 5.70 Å². The van der Waals surface area contributed by atoms with E-state index in [4.69, 9.17) is 5.73 Å². The Morgan fingerprint density at radius 2 is 2.30 bits per heavy atom. The molecule has 10 heavy (non-hydrogen) atoms. The fourth-order valence-electron chi connectivity index (χ4n) is 0.459. The number of amides is 1. The summed E-state index contributed by atoms with van der Waals surface area (Å²) < 4.78 is 0. The SMILES string of the molecule is CN=C/C(=C\N)NC(C)=O. The lowest BCUT2D eigenvalue weighted by atomic mass is 10.5. The van der Waals surface area contributed by atoms with E-state index >= 15 is 0 Å². The van der Waals surface area contributed by atoms with Crippen molar-refractivity contribution < 1.29 is 4.79 Å². The van der Waals surface area contributed by atoms with E-state index in [-0.39, 0.29) is 5.91 Å². The molecule has 0 saturated heterocycles. The molecule has 56 valence electrons. The van der Waals surface area contributed by atoms with E-state index in [2.05, 4.69) is 10.3 Å². The molecule has 0 fully saturated rings. The van der Waals surface area contributed by atoms with Crippen LogP contribution in [-0.4, -0.2) is 19.2 Å².